The van der Waals surface area contributed by atoms with Gasteiger partial charge in [-0.25, -0.2) is 4.39 Å². The molecular weight excluding hydrogens is 202 g/mol. The Labute approximate surface area is 86.5 Å². The number of carbonyl (C=O) groups is 1. The predicted octanol–water partition coefficient (Wildman–Crippen LogP) is 2.43. The maximum Gasteiger partial charge on any atom is 0.306 e. The molecule has 0 spiro atoms. The molecule has 0 heterocycles. The summed E-state index contributed by atoms with van der Waals surface area (Å²) in [5.41, 5.74) is 0.318. The highest BCUT2D eigenvalue weighted by Crippen LogP contribution is 2.15. The van der Waals surface area contributed by atoms with E-state index in [9.17, 15) is 13.6 Å². The van der Waals surface area contributed by atoms with Crippen molar-refractivity contribution >= 4 is 5.97 Å². The third-order valence-electron chi connectivity index (χ3n) is 2.23. The number of rotatable bonds is 5. The average molecular weight is 214 g/mol. The SMILES string of the molecule is O=C(O)C(CCF)Cc1ccccc1F. The van der Waals surface area contributed by atoms with E-state index in [1.807, 2.05) is 0 Å². The Bertz CT molecular complexity index is 339. The second-order valence-corrected chi connectivity index (χ2v) is 3.31. The van der Waals surface area contributed by atoms with Crippen molar-refractivity contribution < 1.29 is 18.7 Å². The van der Waals surface area contributed by atoms with Crippen LogP contribution in [0, 0.1) is 11.7 Å². The van der Waals surface area contributed by atoms with Crippen LogP contribution < -0.4 is 0 Å². The lowest BCUT2D eigenvalue weighted by atomic mass is 9.96. The van der Waals surface area contributed by atoms with Gasteiger partial charge in [0.2, 0.25) is 0 Å². The Morgan fingerprint density at radius 3 is 2.60 bits per heavy atom. The molecule has 0 fully saturated rings. The topological polar surface area (TPSA) is 37.3 Å². The Kier molecular flexibility index (Phi) is 4.21. The molecule has 0 amide bonds. The molecule has 1 N–H and O–H groups in total. The summed E-state index contributed by atoms with van der Waals surface area (Å²) >= 11 is 0. The first-order valence-electron chi connectivity index (χ1n) is 4.67. The van der Waals surface area contributed by atoms with Crippen molar-refractivity contribution in [3.05, 3.63) is 35.6 Å². The molecule has 0 bridgehead atoms. The Morgan fingerprint density at radius 2 is 2.07 bits per heavy atom. The quantitative estimate of drug-likeness (QED) is 0.817. The van der Waals surface area contributed by atoms with Gasteiger partial charge in [0.05, 0.1) is 12.6 Å². The van der Waals surface area contributed by atoms with Crippen molar-refractivity contribution in [2.75, 3.05) is 6.67 Å². The molecule has 0 saturated carbocycles. The first-order chi connectivity index (χ1) is 7.15. The largest absolute Gasteiger partial charge is 0.481 e. The van der Waals surface area contributed by atoms with Gasteiger partial charge in [0.1, 0.15) is 5.82 Å². The number of carboxylic acid groups (broad SMARTS) is 1. The Hall–Kier alpha value is -1.45. The molecule has 0 radical (unpaired) electrons. The van der Waals surface area contributed by atoms with Gasteiger partial charge in [-0.05, 0) is 24.5 Å². The van der Waals surface area contributed by atoms with E-state index in [1.54, 1.807) is 6.07 Å². The molecule has 1 aromatic rings. The van der Waals surface area contributed by atoms with Crippen molar-refractivity contribution in [2.45, 2.75) is 12.8 Å². The lowest BCUT2D eigenvalue weighted by Gasteiger charge is -2.10. The number of hydrogen-bond acceptors (Lipinski definition) is 1. The minimum absolute atomic E-state index is 0.0337. The van der Waals surface area contributed by atoms with Crippen LogP contribution in [0.5, 0.6) is 0 Å². The Balaban J connectivity index is 2.74. The van der Waals surface area contributed by atoms with Crippen LogP contribution in [0.3, 0.4) is 0 Å². The molecule has 0 aliphatic heterocycles. The first-order valence-corrected chi connectivity index (χ1v) is 4.67. The van der Waals surface area contributed by atoms with E-state index in [2.05, 4.69) is 0 Å². The predicted molar refractivity (Wildman–Crippen MR) is 51.8 cm³/mol. The fourth-order valence-electron chi connectivity index (χ4n) is 1.37. The lowest BCUT2D eigenvalue weighted by Crippen LogP contribution is -2.17. The highest BCUT2D eigenvalue weighted by Gasteiger charge is 2.18. The zero-order valence-electron chi connectivity index (χ0n) is 8.12. The zero-order valence-corrected chi connectivity index (χ0v) is 8.12. The third kappa shape index (κ3) is 3.31. The number of halogens is 2. The van der Waals surface area contributed by atoms with Crippen LogP contribution in [0.1, 0.15) is 12.0 Å². The molecule has 4 heteroatoms. The molecule has 2 nitrogen and oxygen atoms in total. The van der Waals surface area contributed by atoms with E-state index in [4.69, 9.17) is 5.11 Å². The van der Waals surface area contributed by atoms with Crippen LogP contribution >= 0.6 is 0 Å². The molecule has 0 aliphatic carbocycles. The van der Waals surface area contributed by atoms with Crippen LogP contribution in [0.2, 0.25) is 0 Å². The van der Waals surface area contributed by atoms with Gasteiger partial charge < -0.3 is 5.11 Å². The molecule has 0 aromatic heterocycles. The minimum atomic E-state index is -1.09. The molecule has 0 saturated heterocycles. The summed E-state index contributed by atoms with van der Waals surface area (Å²) in [5, 5.41) is 8.77. The van der Waals surface area contributed by atoms with Gasteiger partial charge in [-0.1, -0.05) is 18.2 Å². The van der Waals surface area contributed by atoms with Crippen molar-refractivity contribution in [3.8, 4) is 0 Å². The molecular formula is C11H12F2O2. The van der Waals surface area contributed by atoms with Crippen LogP contribution in [-0.2, 0) is 11.2 Å². The molecule has 1 rings (SSSR count). The Morgan fingerprint density at radius 1 is 1.40 bits per heavy atom. The summed E-state index contributed by atoms with van der Waals surface area (Å²) in [5.74, 6) is -2.38. The first kappa shape index (κ1) is 11.6. The van der Waals surface area contributed by atoms with E-state index in [-0.39, 0.29) is 12.8 Å². The van der Waals surface area contributed by atoms with Gasteiger partial charge in [0.25, 0.3) is 0 Å². The fourth-order valence-corrected chi connectivity index (χ4v) is 1.37. The maximum absolute atomic E-state index is 13.2. The average Bonchev–Trinajstić information content (AvgIpc) is 2.20. The summed E-state index contributed by atoms with van der Waals surface area (Å²) in [6.07, 6.45) is -0.0460. The van der Waals surface area contributed by atoms with Gasteiger partial charge in [0, 0.05) is 0 Å². The monoisotopic (exact) mass is 214 g/mol. The lowest BCUT2D eigenvalue weighted by molar-refractivity contribution is -0.142. The zero-order chi connectivity index (χ0) is 11.3. The summed E-state index contributed by atoms with van der Waals surface area (Å²) < 4.78 is 25.2. The van der Waals surface area contributed by atoms with Crippen LogP contribution in [0.15, 0.2) is 24.3 Å². The molecule has 1 atom stereocenters. The summed E-state index contributed by atoms with van der Waals surface area (Å²) in [7, 11) is 0. The molecule has 0 aliphatic rings. The molecule has 1 aromatic carbocycles. The van der Waals surface area contributed by atoms with E-state index >= 15 is 0 Å². The van der Waals surface area contributed by atoms with Crippen LogP contribution in [0.25, 0.3) is 0 Å². The number of alkyl halides is 1. The number of benzene rings is 1. The summed E-state index contributed by atoms with van der Waals surface area (Å²) in [4.78, 5) is 10.7. The van der Waals surface area contributed by atoms with Crippen molar-refractivity contribution in [1.29, 1.82) is 0 Å². The van der Waals surface area contributed by atoms with Crippen molar-refractivity contribution in [2.24, 2.45) is 5.92 Å². The van der Waals surface area contributed by atoms with Crippen LogP contribution in [-0.4, -0.2) is 17.8 Å². The highest BCUT2D eigenvalue weighted by molar-refractivity contribution is 5.70. The van der Waals surface area contributed by atoms with Gasteiger partial charge in [0.15, 0.2) is 0 Å². The van der Waals surface area contributed by atoms with Gasteiger partial charge in [-0.2, -0.15) is 0 Å². The van der Waals surface area contributed by atoms with Crippen LogP contribution in [0.4, 0.5) is 8.78 Å². The highest BCUT2D eigenvalue weighted by atomic mass is 19.1. The molecule has 82 valence electrons. The standard InChI is InChI=1S/C11H12F2O2/c12-6-5-9(11(14)15)7-8-3-1-2-4-10(8)13/h1-4,9H,5-7H2,(H,14,15). The van der Waals surface area contributed by atoms with E-state index in [0.29, 0.717) is 5.56 Å². The van der Waals surface area contributed by atoms with Gasteiger partial charge in [-0.3, -0.25) is 9.18 Å². The normalized spacial score (nSPS) is 12.4. The molecule has 1 unspecified atom stereocenters. The van der Waals surface area contributed by atoms with E-state index < -0.39 is 24.4 Å². The van der Waals surface area contributed by atoms with E-state index in [0.717, 1.165) is 0 Å². The summed E-state index contributed by atoms with van der Waals surface area (Å²) in [6, 6.07) is 5.95. The number of hydrogen-bond donors (Lipinski definition) is 1. The smallest absolute Gasteiger partial charge is 0.306 e. The maximum atomic E-state index is 13.2. The second kappa shape index (κ2) is 5.44. The van der Waals surface area contributed by atoms with Gasteiger partial charge >= 0.3 is 5.97 Å². The summed E-state index contributed by atoms with van der Waals surface area (Å²) in [6.45, 7) is -0.703. The third-order valence-corrected chi connectivity index (χ3v) is 2.23. The number of carboxylic acids is 1. The van der Waals surface area contributed by atoms with E-state index in [1.165, 1.54) is 18.2 Å². The number of aliphatic carboxylic acids is 1. The van der Waals surface area contributed by atoms with Gasteiger partial charge in [-0.15, -0.1) is 0 Å². The fraction of sp³-hybridized carbons (Fsp3) is 0.364. The second-order valence-electron chi connectivity index (χ2n) is 3.31. The minimum Gasteiger partial charge on any atom is -0.481 e. The molecule has 15 heavy (non-hydrogen) atoms. The van der Waals surface area contributed by atoms with Crippen molar-refractivity contribution in [1.82, 2.24) is 0 Å². The van der Waals surface area contributed by atoms with Crippen molar-refractivity contribution in [3.63, 3.8) is 0 Å².